The van der Waals surface area contributed by atoms with Gasteiger partial charge in [-0.15, -0.1) is 12.6 Å². The largest absolute Gasteiger partial charge is 0.465 e. The van der Waals surface area contributed by atoms with Gasteiger partial charge >= 0.3 is 5.97 Å². The fourth-order valence-electron chi connectivity index (χ4n) is 0.780. The Bertz CT molecular complexity index is 312. The molecule has 64 valence electrons. The van der Waals surface area contributed by atoms with E-state index in [2.05, 4.69) is 33.3 Å². The number of carbonyl (C=O) groups excluding carboxylic acids is 1. The molecule has 0 aromatic heterocycles. The first-order valence-electron chi connectivity index (χ1n) is 3.22. The van der Waals surface area contributed by atoms with Crippen LogP contribution in [0.15, 0.2) is 27.6 Å². The molecule has 0 bridgehead atoms. The molecule has 0 aliphatic carbocycles. The smallest absolute Gasteiger partial charge is 0.339 e. The number of rotatable bonds is 1. The molecule has 0 N–H and O–H groups in total. The van der Waals surface area contributed by atoms with Crippen LogP contribution in [0.4, 0.5) is 0 Å². The van der Waals surface area contributed by atoms with Crippen LogP contribution in [0.1, 0.15) is 10.4 Å². The van der Waals surface area contributed by atoms with Crippen LogP contribution >= 0.6 is 28.6 Å². The third-order valence-corrected chi connectivity index (χ3v) is 2.29. The Kier molecular flexibility index (Phi) is 3.17. The summed E-state index contributed by atoms with van der Waals surface area (Å²) in [6.07, 6.45) is 0. The summed E-state index contributed by atoms with van der Waals surface area (Å²) in [5, 5.41) is 0. The van der Waals surface area contributed by atoms with Crippen molar-refractivity contribution < 1.29 is 9.53 Å². The van der Waals surface area contributed by atoms with Gasteiger partial charge in [-0.1, -0.05) is 0 Å². The lowest BCUT2D eigenvalue weighted by atomic mass is 10.2. The molecule has 4 heteroatoms. The van der Waals surface area contributed by atoms with Crippen LogP contribution in [0.3, 0.4) is 0 Å². The van der Waals surface area contributed by atoms with Gasteiger partial charge in [-0.2, -0.15) is 0 Å². The topological polar surface area (TPSA) is 26.3 Å². The average molecular weight is 247 g/mol. The lowest BCUT2D eigenvalue weighted by Gasteiger charge is -2.01. The molecule has 0 aliphatic rings. The van der Waals surface area contributed by atoms with Crippen molar-refractivity contribution in [3.8, 4) is 0 Å². The zero-order valence-corrected chi connectivity index (χ0v) is 8.85. The Balaban J connectivity index is 3.09. The van der Waals surface area contributed by atoms with Gasteiger partial charge in [-0.25, -0.2) is 4.79 Å². The van der Waals surface area contributed by atoms with E-state index in [0.29, 0.717) is 10.0 Å². The van der Waals surface area contributed by atoms with Gasteiger partial charge < -0.3 is 4.74 Å². The molecular weight excluding hydrogens is 240 g/mol. The fourth-order valence-corrected chi connectivity index (χ4v) is 1.70. The standard InChI is InChI=1S/C8H7BrO2S/c1-11-8(10)6-3-2-5(12)4-7(6)9/h2-4,12H,1H3. The lowest BCUT2D eigenvalue weighted by molar-refractivity contribution is 0.0599. The predicted octanol–water partition coefficient (Wildman–Crippen LogP) is 2.52. The Labute approximate surface area is 84.5 Å². The lowest BCUT2D eigenvalue weighted by Crippen LogP contribution is -2.01. The second-order valence-electron chi connectivity index (χ2n) is 2.16. The molecular formula is C8H7BrO2S. The van der Waals surface area contributed by atoms with Crippen LogP contribution in [-0.4, -0.2) is 13.1 Å². The average Bonchev–Trinajstić information content (AvgIpc) is 2.03. The first-order valence-corrected chi connectivity index (χ1v) is 4.46. The summed E-state index contributed by atoms with van der Waals surface area (Å²) in [5.41, 5.74) is 0.510. The number of hydrogen-bond acceptors (Lipinski definition) is 3. The van der Waals surface area contributed by atoms with Gasteiger partial charge in [0.2, 0.25) is 0 Å². The molecule has 0 saturated heterocycles. The van der Waals surface area contributed by atoms with Gasteiger partial charge in [-0.05, 0) is 34.1 Å². The van der Waals surface area contributed by atoms with Gasteiger partial charge in [0.15, 0.2) is 0 Å². The van der Waals surface area contributed by atoms with Crippen LogP contribution in [0.25, 0.3) is 0 Å². The van der Waals surface area contributed by atoms with Gasteiger partial charge in [-0.3, -0.25) is 0 Å². The molecule has 0 spiro atoms. The molecule has 0 heterocycles. The number of esters is 1. The molecule has 0 saturated carbocycles. The number of benzene rings is 1. The highest BCUT2D eigenvalue weighted by Crippen LogP contribution is 2.20. The first kappa shape index (κ1) is 9.61. The van der Waals surface area contributed by atoms with Crippen molar-refractivity contribution in [3.63, 3.8) is 0 Å². The number of carbonyl (C=O) groups is 1. The summed E-state index contributed by atoms with van der Waals surface area (Å²) in [6.45, 7) is 0. The monoisotopic (exact) mass is 246 g/mol. The number of ether oxygens (including phenoxy) is 1. The summed E-state index contributed by atoms with van der Waals surface area (Å²) in [6, 6.07) is 5.15. The molecule has 0 atom stereocenters. The third-order valence-electron chi connectivity index (χ3n) is 1.36. The van der Waals surface area contributed by atoms with Crippen molar-refractivity contribution in [2.45, 2.75) is 4.90 Å². The SMILES string of the molecule is COC(=O)c1ccc(S)cc1Br. The summed E-state index contributed by atoms with van der Waals surface area (Å²) >= 11 is 7.36. The van der Waals surface area contributed by atoms with Crippen LogP contribution in [0.5, 0.6) is 0 Å². The summed E-state index contributed by atoms with van der Waals surface area (Å²) in [5.74, 6) is -0.352. The predicted molar refractivity (Wildman–Crippen MR) is 52.7 cm³/mol. The molecule has 0 unspecified atom stereocenters. The van der Waals surface area contributed by atoms with Crippen molar-refractivity contribution in [1.29, 1.82) is 0 Å². The first-order chi connectivity index (χ1) is 5.65. The molecule has 0 amide bonds. The molecule has 0 fully saturated rings. The van der Waals surface area contributed by atoms with Crippen molar-refractivity contribution in [3.05, 3.63) is 28.2 Å². The van der Waals surface area contributed by atoms with Crippen LogP contribution < -0.4 is 0 Å². The number of hydrogen-bond donors (Lipinski definition) is 1. The van der Waals surface area contributed by atoms with E-state index in [0.717, 1.165) is 4.90 Å². The summed E-state index contributed by atoms with van der Waals surface area (Å²) in [7, 11) is 1.35. The number of thiol groups is 1. The van der Waals surface area contributed by atoms with E-state index < -0.39 is 0 Å². The highest BCUT2D eigenvalue weighted by molar-refractivity contribution is 9.10. The molecule has 0 radical (unpaired) electrons. The van der Waals surface area contributed by atoms with Crippen molar-refractivity contribution >= 4 is 34.5 Å². The maximum atomic E-state index is 11.1. The molecule has 0 aliphatic heterocycles. The van der Waals surface area contributed by atoms with Crippen molar-refractivity contribution in [2.24, 2.45) is 0 Å². The zero-order valence-electron chi connectivity index (χ0n) is 6.37. The van der Waals surface area contributed by atoms with E-state index >= 15 is 0 Å². The maximum absolute atomic E-state index is 11.1. The van der Waals surface area contributed by atoms with Gasteiger partial charge in [0.1, 0.15) is 0 Å². The maximum Gasteiger partial charge on any atom is 0.339 e. The minimum atomic E-state index is -0.352. The Hall–Kier alpha value is -0.480. The van der Waals surface area contributed by atoms with E-state index in [-0.39, 0.29) is 5.97 Å². The van der Waals surface area contributed by atoms with E-state index in [4.69, 9.17) is 0 Å². The Morgan fingerprint density at radius 1 is 1.58 bits per heavy atom. The van der Waals surface area contributed by atoms with E-state index in [1.54, 1.807) is 18.2 Å². The van der Waals surface area contributed by atoms with Crippen molar-refractivity contribution in [1.82, 2.24) is 0 Å². The summed E-state index contributed by atoms with van der Waals surface area (Å²) < 4.78 is 5.26. The van der Waals surface area contributed by atoms with Gasteiger partial charge in [0.05, 0.1) is 12.7 Å². The highest BCUT2D eigenvalue weighted by atomic mass is 79.9. The van der Waals surface area contributed by atoms with Crippen molar-refractivity contribution in [2.75, 3.05) is 7.11 Å². The quantitative estimate of drug-likeness (QED) is 0.609. The Morgan fingerprint density at radius 3 is 2.75 bits per heavy atom. The molecule has 2 nitrogen and oxygen atoms in total. The van der Waals surface area contributed by atoms with Gasteiger partial charge in [0.25, 0.3) is 0 Å². The summed E-state index contributed by atoms with van der Waals surface area (Å²) in [4.78, 5) is 11.9. The van der Waals surface area contributed by atoms with Crippen LogP contribution in [-0.2, 0) is 4.74 Å². The molecule has 12 heavy (non-hydrogen) atoms. The minimum Gasteiger partial charge on any atom is -0.465 e. The van der Waals surface area contributed by atoms with Crippen LogP contribution in [0, 0.1) is 0 Å². The number of halogens is 1. The molecule has 1 aromatic rings. The second kappa shape index (κ2) is 3.96. The normalized spacial score (nSPS) is 9.58. The second-order valence-corrected chi connectivity index (χ2v) is 3.53. The Morgan fingerprint density at radius 2 is 2.25 bits per heavy atom. The molecule has 1 aromatic carbocycles. The van der Waals surface area contributed by atoms with Gasteiger partial charge in [0, 0.05) is 9.37 Å². The third kappa shape index (κ3) is 2.01. The molecule has 1 rings (SSSR count). The van der Waals surface area contributed by atoms with E-state index in [1.807, 2.05) is 0 Å². The zero-order chi connectivity index (χ0) is 9.14. The number of methoxy groups -OCH3 is 1. The minimum absolute atomic E-state index is 0.352. The van der Waals surface area contributed by atoms with E-state index in [9.17, 15) is 4.79 Å². The fraction of sp³-hybridized carbons (Fsp3) is 0.125. The van der Waals surface area contributed by atoms with E-state index in [1.165, 1.54) is 7.11 Å². The highest BCUT2D eigenvalue weighted by Gasteiger charge is 2.08. The van der Waals surface area contributed by atoms with Crippen LogP contribution in [0.2, 0.25) is 0 Å².